The SMILES string of the molecule is Brc1cccc(-c2cccc(Br)c2-c2ccccc2)c1. The zero-order chi connectivity index (χ0) is 13.9. The first-order valence-electron chi connectivity index (χ1n) is 6.35. The predicted molar refractivity (Wildman–Crippen MR) is 92.7 cm³/mol. The Kier molecular flexibility index (Phi) is 4.04. The van der Waals surface area contributed by atoms with E-state index in [1.165, 1.54) is 22.3 Å². The molecule has 3 aromatic carbocycles. The summed E-state index contributed by atoms with van der Waals surface area (Å²) in [5.74, 6) is 0. The highest BCUT2D eigenvalue weighted by molar-refractivity contribution is 9.10. The molecular weight excluding hydrogens is 376 g/mol. The fraction of sp³-hybridized carbons (Fsp3) is 0. The highest BCUT2D eigenvalue weighted by Gasteiger charge is 2.10. The van der Waals surface area contributed by atoms with E-state index in [9.17, 15) is 0 Å². The normalized spacial score (nSPS) is 10.5. The molecule has 0 aliphatic carbocycles. The van der Waals surface area contributed by atoms with Gasteiger partial charge in [0.25, 0.3) is 0 Å². The van der Waals surface area contributed by atoms with E-state index in [1.807, 2.05) is 12.1 Å². The zero-order valence-corrected chi connectivity index (χ0v) is 13.9. The maximum absolute atomic E-state index is 3.69. The van der Waals surface area contributed by atoms with Crippen LogP contribution in [0.5, 0.6) is 0 Å². The lowest BCUT2D eigenvalue weighted by Crippen LogP contribution is -1.86. The van der Waals surface area contributed by atoms with Crippen LogP contribution in [0, 0.1) is 0 Å². The van der Waals surface area contributed by atoms with Crippen molar-refractivity contribution >= 4 is 31.9 Å². The summed E-state index contributed by atoms with van der Waals surface area (Å²) in [6, 6.07) is 25.2. The van der Waals surface area contributed by atoms with Crippen molar-refractivity contribution in [2.24, 2.45) is 0 Å². The molecule has 0 heterocycles. The van der Waals surface area contributed by atoms with Gasteiger partial charge in [-0.2, -0.15) is 0 Å². The van der Waals surface area contributed by atoms with E-state index in [0.29, 0.717) is 0 Å². The first-order chi connectivity index (χ1) is 9.75. The van der Waals surface area contributed by atoms with Crippen molar-refractivity contribution in [2.45, 2.75) is 0 Å². The third kappa shape index (κ3) is 2.72. The molecule has 0 bridgehead atoms. The van der Waals surface area contributed by atoms with Gasteiger partial charge in [0.05, 0.1) is 0 Å². The molecule has 20 heavy (non-hydrogen) atoms. The van der Waals surface area contributed by atoms with Crippen molar-refractivity contribution in [1.82, 2.24) is 0 Å². The van der Waals surface area contributed by atoms with Crippen molar-refractivity contribution in [3.8, 4) is 22.3 Å². The highest BCUT2D eigenvalue weighted by atomic mass is 79.9. The monoisotopic (exact) mass is 386 g/mol. The lowest BCUT2D eigenvalue weighted by atomic mass is 9.95. The van der Waals surface area contributed by atoms with Gasteiger partial charge in [-0.1, -0.05) is 86.5 Å². The molecule has 0 nitrogen and oxygen atoms in total. The molecule has 3 aromatic rings. The van der Waals surface area contributed by atoms with Crippen molar-refractivity contribution in [1.29, 1.82) is 0 Å². The molecule has 0 radical (unpaired) electrons. The van der Waals surface area contributed by atoms with Crippen LogP contribution in [0.1, 0.15) is 0 Å². The molecule has 3 rings (SSSR count). The van der Waals surface area contributed by atoms with Crippen molar-refractivity contribution in [3.05, 3.63) is 81.7 Å². The van der Waals surface area contributed by atoms with Gasteiger partial charge in [0, 0.05) is 14.5 Å². The van der Waals surface area contributed by atoms with Crippen LogP contribution in [0.2, 0.25) is 0 Å². The summed E-state index contributed by atoms with van der Waals surface area (Å²) in [6.45, 7) is 0. The Bertz CT molecular complexity index is 733. The minimum atomic E-state index is 1.09. The minimum Gasteiger partial charge on any atom is -0.0622 e. The standard InChI is InChI=1S/C18H12Br2/c19-15-9-4-8-14(12-15)16-10-5-11-17(20)18(16)13-6-2-1-3-7-13/h1-12H. The summed E-state index contributed by atoms with van der Waals surface area (Å²) >= 11 is 7.23. The van der Waals surface area contributed by atoms with Gasteiger partial charge in [0.1, 0.15) is 0 Å². The van der Waals surface area contributed by atoms with E-state index in [0.717, 1.165) is 8.95 Å². The first-order valence-corrected chi connectivity index (χ1v) is 7.94. The second-order valence-corrected chi connectivity index (χ2v) is 6.31. The van der Waals surface area contributed by atoms with Crippen molar-refractivity contribution in [3.63, 3.8) is 0 Å². The highest BCUT2D eigenvalue weighted by Crippen LogP contribution is 2.38. The molecule has 0 aromatic heterocycles. The third-order valence-electron chi connectivity index (χ3n) is 3.21. The summed E-state index contributed by atoms with van der Waals surface area (Å²) in [5.41, 5.74) is 4.88. The van der Waals surface area contributed by atoms with E-state index in [-0.39, 0.29) is 0 Å². The maximum atomic E-state index is 3.69. The van der Waals surface area contributed by atoms with Crippen molar-refractivity contribution < 1.29 is 0 Å². The molecule has 0 atom stereocenters. The Hall–Kier alpha value is -1.38. The summed E-state index contributed by atoms with van der Waals surface area (Å²) < 4.78 is 2.20. The van der Waals surface area contributed by atoms with Crippen LogP contribution in [0.15, 0.2) is 81.7 Å². The maximum Gasteiger partial charge on any atom is 0.0259 e. The quantitative estimate of drug-likeness (QED) is 0.467. The molecule has 0 spiro atoms. The van der Waals surface area contributed by atoms with E-state index >= 15 is 0 Å². The van der Waals surface area contributed by atoms with E-state index in [1.54, 1.807) is 0 Å². The van der Waals surface area contributed by atoms with Gasteiger partial charge in [-0.3, -0.25) is 0 Å². The van der Waals surface area contributed by atoms with Crippen molar-refractivity contribution in [2.75, 3.05) is 0 Å². The molecule has 0 N–H and O–H groups in total. The first kappa shape index (κ1) is 13.6. The smallest absolute Gasteiger partial charge is 0.0259 e. The molecule has 0 amide bonds. The Balaban J connectivity index is 2.25. The zero-order valence-electron chi connectivity index (χ0n) is 10.7. The summed E-state index contributed by atoms with van der Waals surface area (Å²) in [7, 11) is 0. The number of hydrogen-bond donors (Lipinski definition) is 0. The van der Waals surface area contributed by atoms with E-state index in [4.69, 9.17) is 0 Å². The number of rotatable bonds is 2. The summed E-state index contributed by atoms with van der Waals surface area (Å²) in [4.78, 5) is 0. The Labute approximate surface area is 135 Å². The number of halogens is 2. The Morgan fingerprint density at radius 2 is 1.30 bits per heavy atom. The van der Waals surface area contributed by atoms with Gasteiger partial charge in [-0.05, 0) is 34.9 Å². The molecule has 2 heteroatoms. The molecule has 98 valence electrons. The van der Waals surface area contributed by atoms with Crippen LogP contribution in [-0.4, -0.2) is 0 Å². The summed E-state index contributed by atoms with van der Waals surface area (Å²) in [5, 5.41) is 0. The van der Waals surface area contributed by atoms with Crippen LogP contribution in [0.25, 0.3) is 22.3 Å². The van der Waals surface area contributed by atoms with Crippen LogP contribution in [-0.2, 0) is 0 Å². The largest absolute Gasteiger partial charge is 0.0622 e. The van der Waals surface area contributed by atoms with E-state index < -0.39 is 0 Å². The van der Waals surface area contributed by atoms with Gasteiger partial charge in [-0.15, -0.1) is 0 Å². The minimum absolute atomic E-state index is 1.09. The predicted octanol–water partition coefficient (Wildman–Crippen LogP) is 6.55. The second kappa shape index (κ2) is 5.94. The fourth-order valence-electron chi connectivity index (χ4n) is 2.32. The summed E-state index contributed by atoms with van der Waals surface area (Å²) in [6.07, 6.45) is 0. The Morgan fingerprint density at radius 3 is 2.05 bits per heavy atom. The van der Waals surface area contributed by atoms with Gasteiger partial charge < -0.3 is 0 Å². The average molecular weight is 388 g/mol. The van der Waals surface area contributed by atoms with Crippen LogP contribution in [0.4, 0.5) is 0 Å². The average Bonchev–Trinajstić information content (AvgIpc) is 2.48. The van der Waals surface area contributed by atoms with Crippen LogP contribution >= 0.6 is 31.9 Å². The van der Waals surface area contributed by atoms with Crippen LogP contribution in [0.3, 0.4) is 0 Å². The van der Waals surface area contributed by atoms with Crippen LogP contribution < -0.4 is 0 Å². The topological polar surface area (TPSA) is 0 Å². The van der Waals surface area contributed by atoms with Gasteiger partial charge in [0.15, 0.2) is 0 Å². The molecule has 0 aliphatic rings. The molecule has 0 saturated heterocycles. The fourth-order valence-corrected chi connectivity index (χ4v) is 3.31. The molecule has 0 fully saturated rings. The number of benzene rings is 3. The lowest BCUT2D eigenvalue weighted by molar-refractivity contribution is 1.54. The number of hydrogen-bond acceptors (Lipinski definition) is 0. The molecule has 0 aliphatic heterocycles. The van der Waals surface area contributed by atoms with Gasteiger partial charge in [-0.25, -0.2) is 0 Å². The molecule has 0 unspecified atom stereocenters. The van der Waals surface area contributed by atoms with Gasteiger partial charge >= 0.3 is 0 Å². The van der Waals surface area contributed by atoms with E-state index in [2.05, 4.69) is 92.5 Å². The lowest BCUT2D eigenvalue weighted by Gasteiger charge is -2.12. The van der Waals surface area contributed by atoms with Gasteiger partial charge in [0.2, 0.25) is 0 Å². The third-order valence-corrected chi connectivity index (χ3v) is 4.37. The molecule has 0 saturated carbocycles. The molecular formula is C18H12Br2. The Morgan fingerprint density at radius 1 is 0.600 bits per heavy atom. The second-order valence-electron chi connectivity index (χ2n) is 4.54.